The molecule has 0 aliphatic heterocycles. The molecule has 1 amide bonds. The largest absolute Gasteiger partial charge is 0.481 e. The van der Waals surface area contributed by atoms with Gasteiger partial charge in [0.1, 0.15) is 18.1 Å². The van der Waals surface area contributed by atoms with Crippen molar-refractivity contribution in [3.05, 3.63) is 124 Å². The van der Waals surface area contributed by atoms with E-state index in [4.69, 9.17) is 9.84 Å². The number of nitrogens with one attached hydrogen (secondary N) is 1. The smallest absolute Gasteiger partial charge is 0.251 e. The third-order valence-electron chi connectivity index (χ3n) is 6.39. The third kappa shape index (κ3) is 8.38. The lowest BCUT2D eigenvalue weighted by molar-refractivity contribution is -0.107. The highest BCUT2D eigenvalue weighted by molar-refractivity contribution is 9.10. The van der Waals surface area contributed by atoms with Crippen LogP contribution in [0.3, 0.4) is 0 Å². The van der Waals surface area contributed by atoms with Gasteiger partial charge in [-0.2, -0.15) is 0 Å². The lowest BCUT2D eigenvalue weighted by atomic mass is 9.86. The monoisotopic (exact) mass is 601 g/mol. The van der Waals surface area contributed by atoms with E-state index in [1.54, 1.807) is 12.1 Å². The van der Waals surface area contributed by atoms with E-state index in [0.717, 1.165) is 45.9 Å². The molecule has 4 aromatic carbocycles. The summed E-state index contributed by atoms with van der Waals surface area (Å²) in [7, 11) is 1.00. The van der Waals surface area contributed by atoms with Gasteiger partial charge < -0.3 is 20.0 Å². The molecule has 2 N–H and O–H groups in total. The zero-order chi connectivity index (χ0) is 29.1. The molecule has 208 valence electrons. The highest BCUT2D eigenvalue weighted by atomic mass is 79.9. The summed E-state index contributed by atoms with van der Waals surface area (Å²) in [6.45, 7) is 6.97. The number of amides is 1. The van der Waals surface area contributed by atoms with E-state index in [-0.39, 0.29) is 17.4 Å². The molecule has 40 heavy (non-hydrogen) atoms. The van der Waals surface area contributed by atoms with Crippen LogP contribution >= 0.6 is 15.9 Å². The van der Waals surface area contributed by atoms with Gasteiger partial charge in [-0.1, -0.05) is 97.4 Å². The Kier molecular flexibility index (Phi) is 11.2. The van der Waals surface area contributed by atoms with Crippen LogP contribution in [0.1, 0.15) is 60.3 Å². The van der Waals surface area contributed by atoms with E-state index < -0.39 is 0 Å². The van der Waals surface area contributed by atoms with E-state index in [1.807, 2.05) is 48.5 Å². The van der Waals surface area contributed by atoms with E-state index in [1.165, 1.54) is 5.56 Å². The number of carbonyl (C=O) groups excluding carboxylic acids is 2. The Bertz CT molecular complexity index is 1360. The number of carbonyl (C=O) groups is 2. The van der Waals surface area contributed by atoms with Crippen LogP contribution in [0, 0.1) is 0 Å². The van der Waals surface area contributed by atoms with Gasteiger partial charge in [0, 0.05) is 30.1 Å². The van der Waals surface area contributed by atoms with Crippen molar-refractivity contribution in [1.29, 1.82) is 0 Å². The van der Waals surface area contributed by atoms with Crippen molar-refractivity contribution in [3.8, 4) is 16.9 Å². The lowest BCUT2D eigenvalue weighted by Crippen LogP contribution is -2.24. The first kappa shape index (κ1) is 30.8. The molecule has 1 atom stereocenters. The molecular formula is C34H36BrNO4. The predicted molar refractivity (Wildman–Crippen MR) is 165 cm³/mol. The standard InChI is InChI=1S/C33H32BrNO3.CH4O/c1-33(2,3)28-15-9-23(10-16-28)24-13-19-30(20-14-24)38-31(26-11-17-29(34)18-12-26)25-5-7-27(8-6-25)32(37)35-21-4-22-36;1-2/h5-20,22,31H,4,21H2,1-3H3,(H,35,37);2H,1H3. The molecule has 5 nitrogen and oxygen atoms in total. The molecule has 6 heteroatoms. The van der Waals surface area contributed by atoms with Gasteiger partial charge in [-0.3, -0.25) is 4.79 Å². The first-order valence-corrected chi connectivity index (χ1v) is 13.9. The molecule has 4 rings (SSSR count). The number of hydrogen-bond acceptors (Lipinski definition) is 4. The molecule has 4 aromatic rings. The average molecular weight is 603 g/mol. The molecule has 0 aliphatic rings. The Labute approximate surface area is 245 Å². The topological polar surface area (TPSA) is 75.6 Å². The van der Waals surface area contributed by atoms with E-state index >= 15 is 0 Å². The highest BCUT2D eigenvalue weighted by Crippen LogP contribution is 2.32. The van der Waals surface area contributed by atoms with Crippen molar-refractivity contribution < 1.29 is 19.4 Å². The highest BCUT2D eigenvalue weighted by Gasteiger charge is 2.18. The number of aldehydes is 1. The molecule has 0 saturated carbocycles. The molecular weight excluding hydrogens is 566 g/mol. The predicted octanol–water partition coefficient (Wildman–Crippen LogP) is 7.51. The zero-order valence-electron chi connectivity index (χ0n) is 23.4. The summed E-state index contributed by atoms with van der Waals surface area (Å²) < 4.78 is 7.50. The summed E-state index contributed by atoms with van der Waals surface area (Å²) in [5, 5.41) is 9.75. The maximum atomic E-state index is 12.4. The van der Waals surface area contributed by atoms with Gasteiger partial charge in [0.05, 0.1) is 0 Å². The average Bonchev–Trinajstić information content (AvgIpc) is 2.98. The number of aliphatic hydroxyl groups is 1. The van der Waals surface area contributed by atoms with Crippen LogP contribution in [0.2, 0.25) is 0 Å². The maximum Gasteiger partial charge on any atom is 0.251 e. The molecule has 0 aliphatic carbocycles. The molecule has 0 fully saturated rings. The summed E-state index contributed by atoms with van der Waals surface area (Å²) in [4.78, 5) is 22.9. The molecule has 0 aromatic heterocycles. The van der Waals surface area contributed by atoms with Crippen molar-refractivity contribution in [1.82, 2.24) is 5.32 Å². The van der Waals surface area contributed by atoms with Gasteiger partial charge in [0.2, 0.25) is 0 Å². The van der Waals surface area contributed by atoms with Crippen LogP contribution < -0.4 is 10.1 Å². The van der Waals surface area contributed by atoms with Crippen molar-refractivity contribution in [2.45, 2.75) is 38.7 Å². The Hall–Kier alpha value is -3.74. The summed E-state index contributed by atoms with van der Waals surface area (Å²) in [6, 6.07) is 32.3. The number of benzene rings is 4. The zero-order valence-corrected chi connectivity index (χ0v) is 24.9. The first-order valence-electron chi connectivity index (χ1n) is 13.1. The SMILES string of the molecule is CC(C)(C)c1ccc(-c2ccc(OC(c3ccc(Br)cc3)c3ccc(C(=O)NCCC=O)cc3)cc2)cc1.CO. The Balaban J connectivity index is 0.00000216. The van der Waals surface area contributed by atoms with Crippen molar-refractivity contribution in [3.63, 3.8) is 0 Å². The quantitative estimate of drug-likeness (QED) is 0.154. The van der Waals surface area contributed by atoms with Crippen LogP contribution in [0.25, 0.3) is 11.1 Å². The first-order chi connectivity index (χ1) is 19.2. The number of halogens is 1. The summed E-state index contributed by atoms with van der Waals surface area (Å²) in [5.74, 6) is 0.550. The Morgan fingerprint density at radius 1 is 0.825 bits per heavy atom. The fourth-order valence-electron chi connectivity index (χ4n) is 4.15. The third-order valence-corrected chi connectivity index (χ3v) is 6.92. The molecule has 0 bridgehead atoms. The van der Waals surface area contributed by atoms with Gasteiger partial charge in [-0.15, -0.1) is 0 Å². The minimum Gasteiger partial charge on any atom is -0.481 e. The van der Waals surface area contributed by atoms with Crippen LogP contribution in [0.4, 0.5) is 0 Å². The Morgan fingerprint density at radius 2 is 1.32 bits per heavy atom. The van der Waals surface area contributed by atoms with Gasteiger partial charge in [-0.25, -0.2) is 0 Å². The summed E-state index contributed by atoms with van der Waals surface area (Å²) in [5.41, 5.74) is 6.19. The minimum absolute atomic E-state index is 0.122. The van der Waals surface area contributed by atoms with E-state index in [9.17, 15) is 9.59 Å². The van der Waals surface area contributed by atoms with Crippen LogP contribution in [0.5, 0.6) is 5.75 Å². The molecule has 1 unspecified atom stereocenters. The fourth-order valence-corrected chi connectivity index (χ4v) is 4.41. The normalized spacial score (nSPS) is 11.6. The number of rotatable bonds is 9. The summed E-state index contributed by atoms with van der Waals surface area (Å²) in [6.07, 6.45) is 0.732. The van der Waals surface area contributed by atoms with Gasteiger partial charge in [0.25, 0.3) is 5.91 Å². The van der Waals surface area contributed by atoms with Gasteiger partial charge >= 0.3 is 0 Å². The van der Waals surface area contributed by atoms with Crippen molar-refractivity contribution >= 4 is 28.1 Å². The van der Waals surface area contributed by atoms with Gasteiger partial charge in [-0.05, 0) is 69.6 Å². The second-order valence-electron chi connectivity index (χ2n) is 10.2. The van der Waals surface area contributed by atoms with Crippen molar-refractivity contribution in [2.24, 2.45) is 0 Å². The maximum absolute atomic E-state index is 12.4. The fraction of sp³-hybridized carbons (Fsp3) is 0.235. The molecule has 0 spiro atoms. The molecule has 0 radical (unpaired) electrons. The van der Waals surface area contributed by atoms with Crippen LogP contribution in [-0.4, -0.2) is 31.0 Å². The Morgan fingerprint density at radius 3 is 1.82 bits per heavy atom. The van der Waals surface area contributed by atoms with Crippen LogP contribution in [-0.2, 0) is 10.2 Å². The summed E-state index contributed by atoms with van der Waals surface area (Å²) >= 11 is 3.51. The van der Waals surface area contributed by atoms with E-state index in [0.29, 0.717) is 18.5 Å². The van der Waals surface area contributed by atoms with Crippen LogP contribution in [0.15, 0.2) is 102 Å². The lowest BCUT2D eigenvalue weighted by Gasteiger charge is -2.21. The molecule has 0 heterocycles. The number of ether oxygens (including phenoxy) is 1. The number of hydrogen-bond donors (Lipinski definition) is 2. The van der Waals surface area contributed by atoms with Crippen molar-refractivity contribution in [2.75, 3.05) is 13.7 Å². The second-order valence-corrected chi connectivity index (χ2v) is 11.2. The van der Waals surface area contributed by atoms with Gasteiger partial charge in [0.15, 0.2) is 0 Å². The minimum atomic E-state index is -0.354. The van der Waals surface area contributed by atoms with E-state index in [2.05, 4.69) is 78.4 Å². The number of aliphatic hydroxyl groups excluding tert-OH is 1. The molecule has 0 saturated heterocycles. The second kappa shape index (κ2) is 14.6.